The zero-order valence-corrected chi connectivity index (χ0v) is 11.3. The summed E-state index contributed by atoms with van der Waals surface area (Å²) in [6, 6.07) is 0.00628. The average Bonchev–Trinajstić information content (AvgIpc) is 2.29. The number of amidine groups is 1. The lowest BCUT2D eigenvalue weighted by Gasteiger charge is -2.41. The summed E-state index contributed by atoms with van der Waals surface area (Å²) in [5.74, 6) is 0.0234. The van der Waals surface area contributed by atoms with Crippen molar-refractivity contribution in [3.63, 3.8) is 0 Å². The van der Waals surface area contributed by atoms with E-state index in [0.717, 1.165) is 19.3 Å². The predicted octanol–water partition coefficient (Wildman–Crippen LogP) is 0.929. The molecule has 0 aromatic rings. The highest BCUT2D eigenvalue weighted by Gasteiger charge is 2.40. The van der Waals surface area contributed by atoms with Gasteiger partial charge in [0.1, 0.15) is 0 Å². The van der Waals surface area contributed by atoms with Crippen LogP contribution in [0.1, 0.15) is 39.5 Å². The summed E-state index contributed by atoms with van der Waals surface area (Å²) < 4.78 is 5.45. The zero-order chi connectivity index (χ0) is 13.8. The van der Waals surface area contributed by atoms with E-state index in [2.05, 4.69) is 5.16 Å². The second kappa shape index (κ2) is 6.04. The molecule has 3 N–H and O–H groups in total. The van der Waals surface area contributed by atoms with Gasteiger partial charge in [0, 0.05) is 13.2 Å². The number of oxime groups is 1. The Hall–Kier alpha value is -1.30. The van der Waals surface area contributed by atoms with Crippen molar-refractivity contribution in [3.8, 4) is 0 Å². The molecular weight excluding hydrogens is 234 g/mol. The monoisotopic (exact) mass is 257 g/mol. The van der Waals surface area contributed by atoms with Gasteiger partial charge in [0.2, 0.25) is 5.91 Å². The van der Waals surface area contributed by atoms with Crippen LogP contribution >= 0.6 is 0 Å². The van der Waals surface area contributed by atoms with Gasteiger partial charge in [-0.1, -0.05) is 5.16 Å². The van der Waals surface area contributed by atoms with Crippen molar-refractivity contribution < 1.29 is 14.7 Å². The molecule has 0 radical (unpaired) electrons. The van der Waals surface area contributed by atoms with E-state index in [0.29, 0.717) is 6.42 Å². The first-order valence-electron chi connectivity index (χ1n) is 6.25. The van der Waals surface area contributed by atoms with Gasteiger partial charge in [0.05, 0.1) is 18.6 Å². The van der Waals surface area contributed by atoms with Crippen molar-refractivity contribution in [3.05, 3.63) is 0 Å². The van der Waals surface area contributed by atoms with Crippen LogP contribution in [-0.4, -0.2) is 47.1 Å². The highest BCUT2D eigenvalue weighted by Crippen LogP contribution is 2.38. The number of carbonyl (C=O) groups is 1. The number of amides is 1. The lowest BCUT2D eigenvalue weighted by atomic mass is 9.77. The first kappa shape index (κ1) is 14.8. The molecule has 0 heterocycles. The maximum Gasteiger partial charge on any atom is 0.226 e. The van der Waals surface area contributed by atoms with Gasteiger partial charge in [-0.2, -0.15) is 0 Å². The summed E-state index contributed by atoms with van der Waals surface area (Å²) in [4.78, 5) is 13.9. The Morgan fingerprint density at radius 1 is 1.56 bits per heavy atom. The molecule has 0 aromatic heterocycles. The van der Waals surface area contributed by atoms with Gasteiger partial charge in [-0.05, 0) is 33.1 Å². The first-order chi connectivity index (χ1) is 8.44. The molecule has 1 rings (SSSR count). The fourth-order valence-corrected chi connectivity index (χ4v) is 2.17. The minimum absolute atomic E-state index is 0.00628. The smallest absolute Gasteiger partial charge is 0.226 e. The van der Waals surface area contributed by atoms with Crippen LogP contribution in [-0.2, 0) is 9.53 Å². The number of hydrogen-bond donors (Lipinski definition) is 2. The predicted molar refractivity (Wildman–Crippen MR) is 68.5 cm³/mol. The second-order valence-corrected chi connectivity index (χ2v) is 5.12. The maximum atomic E-state index is 12.3. The highest BCUT2D eigenvalue weighted by molar-refractivity contribution is 5.87. The molecule has 0 aliphatic heterocycles. The molecule has 104 valence electrons. The fraction of sp³-hybridized carbons (Fsp3) is 0.833. The van der Waals surface area contributed by atoms with E-state index in [1.807, 2.05) is 13.8 Å². The molecular formula is C12H23N3O3. The molecule has 1 amide bonds. The molecule has 1 saturated carbocycles. The van der Waals surface area contributed by atoms with Gasteiger partial charge in [-0.25, -0.2) is 0 Å². The molecule has 1 aliphatic carbocycles. The van der Waals surface area contributed by atoms with E-state index in [1.165, 1.54) is 0 Å². The number of carbonyl (C=O) groups excluding carboxylic acids is 1. The van der Waals surface area contributed by atoms with Crippen molar-refractivity contribution in [2.24, 2.45) is 10.9 Å². The Bertz CT molecular complexity index is 319. The summed E-state index contributed by atoms with van der Waals surface area (Å²) in [5, 5.41) is 11.5. The van der Waals surface area contributed by atoms with Crippen LogP contribution in [0.3, 0.4) is 0 Å². The lowest BCUT2D eigenvalue weighted by Crippen LogP contribution is -2.49. The molecule has 6 nitrogen and oxygen atoms in total. The highest BCUT2D eigenvalue weighted by atomic mass is 16.5. The van der Waals surface area contributed by atoms with Gasteiger partial charge >= 0.3 is 0 Å². The number of ether oxygens (including phenoxy) is 1. The Balaban J connectivity index is 2.65. The third kappa shape index (κ3) is 3.35. The van der Waals surface area contributed by atoms with Crippen molar-refractivity contribution in [2.45, 2.75) is 51.2 Å². The molecule has 0 atom stereocenters. The van der Waals surface area contributed by atoms with Crippen LogP contribution in [0.5, 0.6) is 0 Å². The minimum Gasteiger partial charge on any atom is -0.409 e. The first-order valence-corrected chi connectivity index (χ1v) is 6.25. The van der Waals surface area contributed by atoms with Crippen LogP contribution in [0.4, 0.5) is 0 Å². The largest absolute Gasteiger partial charge is 0.409 e. The second-order valence-electron chi connectivity index (χ2n) is 5.12. The van der Waals surface area contributed by atoms with Crippen molar-refractivity contribution in [1.29, 1.82) is 0 Å². The Labute approximate surface area is 108 Å². The molecule has 0 unspecified atom stereocenters. The third-order valence-corrected chi connectivity index (χ3v) is 3.58. The van der Waals surface area contributed by atoms with Gasteiger partial charge in [-0.15, -0.1) is 0 Å². The Kier molecular flexibility index (Phi) is 4.95. The van der Waals surface area contributed by atoms with Crippen LogP contribution in [0.15, 0.2) is 5.16 Å². The normalized spacial score (nSPS) is 18.6. The molecule has 0 saturated heterocycles. The van der Waals surface area contributed by atoms with Crippen LogP contribution < -0.4 is 5.73 Å². The summed E-state index contributed by atoms with van der Waals surface area (Å²) in [5.41, 5.74) is 5.17. The summed E-state index contributed by atoms with van der Waals surface area (Å²) in [7, 11) is 1.65. The van der Waals surface area contributed by atoms with E-state index in [1.54, 1.807) is 12.0 Å². The number of rotatable bonds is 6. The molecule has 1 fully saturated rings. The molecule has 6 heteroatoms. The zero-order valence-electron chi connectivity index (χ0n) is 11.3. The quantitative estimate of drug-likeness (QED) is 0.321. The van der Waals surface area contributed by atoms with E-state index < -0.39 is 0 Å². The average molecular weight is 257 g/mol. The van der Waals surface area contributed by atoms with Crippen molar-refractivity contribution in [1.82, 2.24) is 4.90 Å². The summed E-state index contributed by atoms with van der Waals surface area (Å²) in [6.45, 7) is 3.96. The number of nitrogens with two attached hydrogens (primary N) is 1. The topological polar surface area (TPSA) is 88.2 Å². The van der Waals surface area contributed by atoms with E-state index in [4.69, 9.17) is 15.7 Å². The van der Waals surface area contributed by atoms with E-state index in [9.17, 15) is 4.79 Å². The van der Waals surface area contributed by atoms with Crippen LogP contribution in [0, 0.1) is 0 Å². The molecule has 18 heavy (non-hydrogen) atoms. The number of hydrogen-bond acceptors (Lipinski definition) is 4. The van der Waals surface area contributed by atoms with Gasteiger partial charge in [-0.3, -0.25) is 4.79 Å². The van der Waals surface area contributed by atoms with Crippen molar-refractivity contribution in [2.75, 3.05) is 13.7 Å². The maximum absolute atomic E-state index is 12.3. The van der Waals surface area contributed by atoms with Crippen LogP contribution in [0.25, 0.3) is 0 Å². The van der Waals surface area contributed by atoms with Crippen LogP contribution in [0.2, 0.25) is 0 Å². The standard InChI is InChI=1S/C12H23N3O3/c1-9(2)15(8-10(13)14-17)11(16)7-12(18-3)5-4-6-12/h9,17H,4-8H2,1-3H3,(H2,13,14). The molecule has 0 spiro atoms. The lowest BCUT2D eigenvalue weighted by molar-refractivity contribution is -0.144. The van der Waals surface area contributed by atoms with Gasteiger partial charge in [0.25, 0.3) is 0 Å². The van der Waals surface area contributed by atoms with E-state index >= 15 is 0 Å². The molecule has 0 bridgehead atoms. The van der Waals surface area contributed by atoms with Crippen molar-refractivity contribution >= 4 is 11.7 Å². The number of nitrogens with zero attached hydrogens (tertiary/aromatic N) is 2. The summed E-state index contributed by atoms with van der Waals surface area (Å²) >= 11 is 0. The third-order valence-electron chi connectivity index (χ3n) is 3.58. The molecule has 1 aliphatic rings. The number of methoxy groups -OCH3 is 1. The van der Waals surface area contributed by atoms with Gasteiger partial charge in [0.15, 0.2) is 5.84 Å². The Morgan fingerprint density at radius 3 is 2.50 bits per heavy atom. The Morgan fingerprint density at radius 2 is 2.17 bits per heavy atom. The molecule has 0 aromatic carbocycles. The van der Waals surface area contributed by atoms with Gasteiger partial charge < -0.3 is 20.6 Å². The minimum atomic E-state index is -0.296. The summed E-state index contributed by atoms with van der Waals surface area (Å²) in [6.07, 6.45) is 3.30. The van der Waals surface area contributed by atoms with E-state index in [-0.39, 0.29) is 29.9 Å². The fourth-order valence-electron chi connectivity index (χ4n) is 2.17. The SMILES string of the molecule is COC1(CC(=O)N(CC(N)=NO)C(C)C)CCC1.